The predicted octanol–water partition coefficient (Wildman–Crippen LogP) is 0.657. The molecule has 0 rings (SSSR count). The van der Waals surface area contributed by atoms with Crippen molar-refractivity contribution in [2.24, 2.45) is 9.04 Å². The Morgan fingerprint density at radius 3 is 1.47 bits per heavy atom. The second-order valence-corrected chi connectivity index (χ2v) is 5.74. The van der Waals surface area contributed by atoms with Crippen LogP contribution in [-0.2, 0) is 20.0 Å². The van der Waals surface area contributed by atoms with Gasteiger partial charge in [-0.3, -0.25) is 0 Å². The van der Waals surface area contributed by atoms with Crippen molar-refractivity contribution in [3.05, 3.63) is 20.9 Å². The topological polar surface area (TPSA) is 166 Å². The molecule has 0 atom stereocenters. The number of azide groups is 2. The molecule has 0 aliphatic carbocycles. The number of nitrogens with zero attached hydrogens (tertiary/aromatic N) is 6. The quantitative estimate of drug-likeness (QED) is 0.385. The minimum Gasteiger partial charge on any atom is -0.221 e. The van der Waals surface area contributed by atoms with Gasteiger partial charge in [-0.05, 0) is 17.5 Å². The Hall–Kier alpha value is -1.48. The summed E-state index contributed by atoms with van der Waals surface area (Å²) in [5.74, 6) is -1.23. The molecule has 10 nitrogen and oxygen atoms in total. The average molecular weight is 254 g/mol. The number of hydrogen-bond donors (Lipinski definition) is 0. The minimum absolute atomic E-state index is 0.303. The van der Waals surface area contributed by atoms with Gasteiger partial charge in [0, 0.05) is 18.9 Å². The SMILES string of the molecule is [N-]=[N+]=NS(=O)(=O)CCCS(=O)(=O)N=[N+]=[N-]. The van der Waals surface area contributed by atoms with E-state index in [4.69, 9.17) is 11.1 Å². The van der Waals surface area contributed by atoms with Crippen LogP contribution in [0.25, 0.3) is 20.9 Å². The summed E-state index contributed by atoms with van der Waals surface area (Å²) in [5.41, 5.74) is 15.7. The lowest BCUT2D eigenvalue weighted by atomic mass is 10.6. The van der Waals surface area contributed by atoms with Gasteiger partial charge in [0.15, 0.2) is 0 Å². The van der Waals surface area contributed by atoms with Gasteiger partial charge in [0.2, 0.25) is 20.0 Å². The number of hydrogen-bond acceptors (Lipinski definition) is 4. The van der Waals surface area contributed by atoms with E-state index >= 15 is 0 Å². The first-order valence-corrected chi connectivity index (χ1v) is 6.63. The molecule has 0 saturated carbocycles. The molecule has 0 amide bonds. The molecular weight excluding hydrogens is 248 g/mol. The lowest BCUT2D eigenvalue weighted by Crippen LogP contribution is -2.08. The van der Waals surface area contributed by atoms with Gasteiger partial charge < -0.3 is 0 Å². The van der Waals surface area contributed by atoms with Gasteiger partial charge in [0.1, 0.15) is 0 Å². The summed E-state index contributed by atoms with van der Waals surface area (Å²) in [7, 11) is -7.92. The Balaban J connectivity index is 4.35. The molecule has 84 valence electrons. The molecule has 0 bridgehead atoms. The molecule has 12 heteroatoms. The lowest BCUT2D eigenvalue weighted by molar-refractivity contribution is 0.591. The molecule has 15 heavy (non-hydrogen) atoms. The summed E-state index contributed by atoms with van der Waals surface area (Å²) in [4.78, 5) is 4.13. The highest BCUT2D eigenvalue weighted by Gasteiger charge is 2.12. The zero-order valence-corrected chi connectivity index (χ0v) is 8.89. The zero-order chi connectivity index (χ0) is 11.9. The van der Waals surface area contributed by atoms with Crippen LogP contribution in [0.15, 0.2) is 9.04 Å². The van der Waals surface area contributed by atoms with Crippen molar-refractivity contribution < 1.29 is 16.8 Å². The van der Waals surface area contributed by atoms with Gasteiger partial charge in [0.25, 0.3) is 0 Å². The summed E-state index contributed by atoms with van der Waals surface area (Å²) in [5, 5.41) is 0. The molecule has 0 aliphatic rings. The summed E-state index contributed by atoms with van der Waals surface area (Å²) in [6, 6.07) is 0. The van der Waals surface area contributed by atoms with Gasteiger partial charge in [-0.15, -0.1) is 0 Å². The third kappa shape index (κ3) is 6.57. The monoisotopic (exact) mass is 254 g/mol. The first-order chi connectivity index (χ1) is 6.83. The Kier molecular flexibility index (Phi) is 4.88. The van der Waals surface area contributed by atoms with Crippen molar-refractivity contribution >= 4 is 20.0 Å². The van der Waals surface area contributed by atoms with Crippen LogP contribution < -0.4 is 0 Å². The van der Waals surface area contributed by atoms with Crippen LogP contribution in [0.5, 0.6) is 0 Å². The van der Waals surface area contributed by atoms with Crippen LogP contribution >= 0.6 is 0 Å². The van der Waals surface area contributed by atoms with Crippen LogP contribution in [0.1, 0.15) is 6.42 Å². The molecule has 0 aromatic rings. The largest absolute Gasteiger partial charge is 0.235 e. The average Bonchev–Trinajstić information content (AvgIpc) is 2.02. The summed E-state index contributed by atoms with van der Waals surface area (Å²) in [6.07, 6.45) is -0.303. The maximum absolute atomic E-state index is 10.8. The molecule has 0 unspecified atom stereocenters. The maximum atomic E-state index is 10.8. The predicted molar refractivity (Wildman–Crippen MR) is 50.5 cm³/mol. The molecule has 0 N–H and O–H groups in total. The summed E-state index contributed by atoms with van der Waals surface area (Å²) < 4.78 is 48.0. The third-order valence-electron chi connectivity index (χ3n) is 1.13. The van der Waals surface area contributed by atoms with Crippen LogP contribution in [0, 0.1) is 0 Å². The van der Waals surface area contributed by atoms with E-state index in [1.165, 1.54) is 0 Å². The summed E-state index contributed by atoms with van der Waals surface area (Å²) >= 11 is 0. The molecular formula is C3H6N6O4S2. The van der Waals surface area contributed by atoms with Gasteiger partial charge in [-0.2, -0.15) is 0 Å². The van der Waals surface area contributed by atoms with Crippen LogP contribution in [0.2, 0.25) is 0 Å². The van der Waals surface area contributed by atoms with E-state index in [1.807, 2.05) is 0 Å². The number of sulfonamides is 2. The van der Waals surface area contributed by atoms with E-state index in [0.29, 0.717) is 0 Å². The molecule has 0 saturated heterocycles. The third-order valence-corrected chi connectivity index (χ3v) is 3.38. The Labute approximate surface area is 85.3 Å². The molecule has 0 aromatic heterocycles. The lowest BCUT2D eigenvalue weighted by Gasteiger charge is -1.95. The normalized spacial score (nSPS) is 11.2. The molecule has 0 aliphatic heterocycles. The minimum atomic E-state index is -3.96. The van der Waals surface area contributed by atoms with E-state index in [-0.39, 0.29) is 6.42 Å². The van der Waals surface area contributed by atoms with Crippen LogP contribution in [0.3, 0.4) is 0 Å². The molecule has 0 spiro atoms. The molecule has 0 radical (unpaired) electrons. The first-order valence-electron chi connectivity index (χ1n) is 3.41. The van der Waals surface area contributed by atoms with Crippen molar-refractivity contribution in [3.8, 4) is 0 Å². The first kappa shape index (κ1) is 13.5. The number of rotatable bonds is 6. The smallest absolute Gasteiger partial charge is 0.221 e. The zero-order valence-electron chi connectivity index (χ0n) is 7.25. The fraction of sp³-hybridized carbons (Fsp3) is 1.00. The van der Waals surface area contributed by atoms with Crippen molar-refractivity contribution in [3.63, 3.8) is 0 Å². The molecule has 0 aromatic carbocycles. The van der Waals surface area contributed by atoms with Crippen molar-refractivity contribution in [1.29, 1.82) is 0 Å². The van der Waals surface area contributed by atoms with E-state index < -0.39 is 31.6 Å². The van der Waals surface area contributed by atoms with Gasteiger partial charge in [-0.25, -0.2) is 16.8 Å². The van der Waals surface area contributed by atoms with Gasteiger partial charge in [0.05, 0.1) is 11.5 Å². The highest BCUT2D eigenvalue weighted by molar-refractivity contribution is 7.90. The van der Waals surface area contributed by atoms with Gasteiger partial charge in [-0.1, -0.05) is 0 Å². The van der Waals surface area contributed by atoms with E-state index in [0.717, 1.165) is 0 Å². The highest BCUT2D eigenvalue weighted by Crippen LogP contribution is 2.01. The Morgan fingerprint density at radius 1 is 0.867 bits per heavy atom. The molecule has 0 fully saturated rings. The van der Waals surface area contributed by atoms with Crippen LogP contribution in [0.4, 0.5) is 0 Å². The van der Waals surface area contributed by atoms with E-state index in [1.54, 1.807) is 0 Å². The van der Waals surface area contributed by atoms with Crippen LogP contribution in [-0.4, -0.2) is 28.3 Å². The second kappa shape index (κ2) is 5.41. The fourth-order valence-corrected chi connectivity index (χ4v) is 2.20. The Morgan fingerprint density at radius 2 is 1.20 bits per heavy atom. The summed E-state index contributed by atoms with van der Waals surface area (Å²) in [6.45, 7) is 0. The van der Waals surface area contributed by atoms with Crippen molar-refractivity contribution in [2.45, 2.75) is 6.42 Å². The second-order valence-electron chi connectivity index (χ2n) is 2.27. The fourth-order valence-electron chi connectivity index (χ4n) is 0.617. The van der Waals surface area contributed by atoms with Crippen molar-refractivity contribution in [2.75, 3.05) is 11.5 Å². The Bertz CT molecular complexity index is 459. The molecule has 0 heterocycles. The van der Waals surface area contributed by atoms with Gasteiger partial charge >= 0.3 is 0 Å². The highest BCUT2D eigenvalue weighted by atomic mass is 32.2. The maximum Gasteiger partial charge on any atom is 0.235 e. The van der Waals surface area contributed by atoms with E-state index in [9.17, 15) is 16.8 Å². The van der Waals surface area contributed by atoms with Crippen molar-refractivity contribution in [1.82, 2.24) is 0 Å². The van der Waals surface area contributed by atoms with E-state index in [2.05, 4.69) is 18.9 Å². The standard InChI is InChI=1S/C3H6N6O4S2/c4-6-8-14(10,11)2-1-3-15(12,13)9-7-5/h1-3H2.